The van der Waals surface area contributed by atoms with E-state index in [1.165, 1.54) is 12.1 Å². The summed E-state index contributed by atoms with van der Waals surface area (Å²) in [5.41, 5.74) is 2.82. The van der Waals surface area contributed by atoms with Crippen LogP contribution >= 0.6 is 11.6 Å². The van der Waals surface area contributed by atoms with Crippen molar-refractivity contribution in [3.8, 4) is 11.5 Å². The minimum absolute atomic E-state index is 0.221. The fourth-order valence-corrected chi connectivity index (χ4v) is 3.80. The molecule has 0 atom stereocenters. The van der Waals surface area contributed by atoms with Crippen LogP contribution in [0.4, 0.5) is 4.39 Å². The molecule has 4 aromatic rings. The van der Waals surface area contributed by atoms with Crippen LogP contribution in [-0.2, 0) is 6.42 Å². The molecule has 0 saturated heterocycles. The van der Waals surface area contributed by atoms with Crippen LogP contribution < -0.4 is 14.8 Å². The summed E-state index contributed by atoms with van der Waals surface area (Å²) in [7, 11) is 3.24. The number of halogens is 2. The summed E-state index contributed by atoms with van der Waals surface area (Å²) in [6.45, 7) is 0.467. The van der Waals surface area contributed by atoms with Crippen molar-refractivity contribution in [2.24, 2.45) is 0 Å². The number of hydrogen-bond donors (Lipinski definition) is 3. The molecule has 3 N–H and O–H groups in total. The quantitative estimate of drug-likeness (QED) is 0.368. The van der Waals surface area contributed by atoms with E-state index in [9.17, 15) is 9.18 Å². The number of H-pyrrole nitrogens is 2. The van der Waals surface area contributed by atoms with E-state index in [2.05, 4.69) is 15.3 Å². The first kappa shape index (κ1) is 20.1. The van der Waals surface area contributed by atoms with Gasteiger partial charge in [-0.3, -0.25) is 4.79 Å². The van der Waals surface area contributed by atoms with Crippen LogP contribution in [0.2, 0.25) is 5.02 Å². The van der Waals surface area contributed by atoms with Crippen LogP contribution in [0, 0.1) is 5.82 Å². The van der Waals surface area contributed by atoms with E-state index in [4.69, 9.17) is 21.1 Å². The zero-order valence-corrected chi connectivity index (χ0v) is 17.3. The average molecular weight is 430 g/mol. The largest absolute Gasteiger partial charge is 0.497 e. The highest BCUT2D eigenvalue weighted by molar-refractivity contribution is 6.38. The molecule has 2 aromatic carbocycles. The number of aromatic amines is 2. The number of amides is 1. The molecule has 0 saturated carbocycles. The van der Waals surface area contributed by atoms with Crippen molar-refractivity contribution in [1.82, 2.24) is 15.3 Å². The zero-order chi connectivity index (χ0) is 21.3. The van der Waals surface area contributed by atoms with Gasteiger partial charge in [0, 0.05) is 40.7 Å². The van der Waals surface area contributed by atoms with Crippen molar-refractivity contribution < 1.29 is 18.7 Å². The molecule has 0 fully saturated rings. The molecule has 1 amide bonds. The second-order valence-corrected chi connectivity index (χ2v) is 7.33. The third-order valence-corrected chi connectivity index (χ3v) is 5.41. The van der Waals surface area contributed by atoms with Crippen LogP contribution in [0.5, 0.6) is 11.5 Å². The second kappa shape index (κ2) is 8.28. The summed E-state index contributed by atoms with van der Waals surface area (Å²) < 4.78 is 24.1. The lowest BCUT2D eigenvalue weighted by molar-refractivity contribution is 0.0949. The molecule has 0 aliphatic rings. The maximum atomic E-state index is 13.4. The molecule has 6 nitrogen and oxygen atoms in total. The Hall–Kier alpha value is -3.19. The SMILES string of the molecule is COc1cc(OC)c2cc(CCCNC(=O)c3[nH]c4ccc(F)cc4c3Cl)[nH]c2c1. The van der Waals surface area contributed by atoms with Crippen LogP contribution in [0.3, 0.4) is 0 Å². The number of carbonyl (C=O) groups is 1. The van der Waals surface area contributed by atoms with Gasteiger partial charge in [-0.2, -0.15) is 0 Å². The van der Waals surface area contributed by atoms with E-state index in [1.807, 2.05) is 18.2 Å². The number of carbonyl (C=O) groups excluding carboxylic acids is 1. The van der Waals surface area contributed by atoms with E-state index < -0.39 is 5.82 Å². The number of nitrogens with one attached hydrogen (secondary N) is 3. The van der Waals surface area contributed by atoms with Gasteiger partial charge in [0.15, 0.2) is 0 Å². The van der Waals surface area contributed by atoms with Gasteiger partial charge in [0.1, 0.15) is 23.0 Å². The van der Waals surface area contributed by atoms with Crippen molar-refractivity contribution in [3.05, 3.63) is 58.6 Å². The zero-order valence-electron chi connectivity index (χ0n) is 16.6. The van der Waals surface area contributed by atoms with Crippen molar-refractivity contribution in [2.45, 2.75) is 12.8 Å². The Balaban J connectivity index is 1.39. The van der Waals surface area contributed by atoms with Gasteiger partial charge in [0.05, 0.1) is 24.8 Å². The summed E-state index contributed by atoms with van der Waals surface area (Å²) in [6.07, 6.45) is 1.47. The fraction of sp³-hybridized carbons (Fsp3) is 0.227. The predicted octanol–water partition coefficient (Wildman–Crippen LogP) is 4.82. The van der Waals surface area contributed by atoms with Crippen molar-refractivity contribution in [2.75, 3.05) is 20.8 Å². The van der Waals surface area contributed by atoms with Gasteiger partial charge in [-0.1, -0.05) is 11.6 Å². The summed E-state index contributed by atoms with van der Waals surface area (Å²) in [6, 6.07) is 10.00. The topological polar surface area (TPSA) is 79.1 Å². The normalized spacial score (nSPS) is 11.2. The molecule has 0 radical (unpaired) electrons. The van der Waals surface area contributed by atoms with Gasteiger partial charge in [0.2, 0.25) is 0 Å². The number of aryl methyl sites for hydroxylation is 1. The molecule has 4 rings (SSSR count). The first-order valence-electron chi connectivity index (χ1n) is 9.48. The Kier molecular flexibility index (Phi) is 5.55. The Bertz CT molecular complexity index is 1230. The lowest BCUT2D eigenvalue weighted by Gasteiger charge is -2.04. The number of aromatic nitrogens is 2. The molecule has 2 aromatic heterocycles. The Morgan fingerprint density at radius 2 is 1.90 bits per heavy atom. The predicted molar refractivity (Wildman–Crippen MR) is 115 cm³/mol. The molecular weight excluding hydrogens is 409 g/mol. The Morgan fingerprint density at radius 1 is 1.07 bits per heavy atom. The molecule has 2 heterocycles. The lowest BCUT2D eigenvalue weighted by atomic mass is 10.2. The van der Waals surface area contributed by atoms with Crippen molar-refractivity contribution in [3.63, 3.8) is 0 Å². The average Bonchev–Trinajstić information content (AvgIpc) is 3.31. The molecule has 8 heteroatoms. The number of benzene rings is 2. The number of methoxy groups -OCH3 is 2. The summed E-state index contributed by atoms with van der Waals surface area (Å²) in [5, 5.41) is 4.55. The number of hydrogen-bond acceptors (Lipinski definition) is 3. The van der Waals surface area contributed by atoms with Crippen LogP contribution in [0.25, 0.3) is 21.8 Å². The molecule has 0 aliphatic carbocycles. The molecule has 0 unspecified atom stereocenters. The van der Waals surface area contributed by atoms with Gasteiger partial charge in [-0.05, 0) is 37.1 Å². The number of fused-ring (bicyclic) bond motifs is 2. The van der Waals surface area contributed by atoms with Gasteiger partial charge < -0.3 is 24.8 Å². The fourth-order valence-electron chi connectivity index (χ4n) is 3.52. The smallest absolute Gasteiger partial charge is 0.269 e. The van der Waals surface area contributed by atoms with Gasteiger partial charge >= 0.3 is 0 Å². The first-order chi connectivity index (χ1) is 14.5. The minimum Gasteiger partial charge on any atom is -0.497 e. The van der Waals surface area contributed by atoms with Crippen LogP contribution in [0.1, 0.15) is 22.6 Å². The molecule has 0 aliphatic heterocycles. The van der Waals surface area contributed by atoms with E-state index in [-0.39, 0.29) is 16.6 Å². The highest BCUT2D eigenvalue weighted by Crippen LogP contribution is 2.32. The van der Waals surface area contributed by atoms with Gasteiger partial charge in [-0.15, -0.1) is 0 Å². The summed E-state index contributed by atoms with van der Waals surface area (Å²) in [4.78, 5) is 18.8. The molecule has 0 bridgehead atoms. The van der Waals surface area contributed by atoms with Crippen LogP contribution in [-0.4, -0.2) is 36.6 Å². The summed E-state index contributed by atoms with van der Waals surface area (Å²) >= 11 is 6.25. The van der Waals surface area contributed by atoms with Crippen molar-refractivity contribution in [1.29, 1.82) is 0 Å². The van der Waals surface area contributed by atoms with Gasteiger partial charge in [-0.25, -0.2) is 4.39 Å². The summed E-state index contributed by atoms with van der Waals surface area (Å²) in [5.74, 6) is 0.739. The molecule has 30 heavy (non-hydrogen) atoms. The first-order valence-corrected chi connectivity index (χ1v) is 9.86. The highest BCUT2D eigenvalue weighted by Gasteiger charge is 2.16. The standard InChI is InChI=1S/C22H21ClFN3O3/c1-29-14-10-18-15(19(11-14)30-2)9-13(26-18)4-3-7-25-22(28)21-20(23)16-8-12(24)5-6-17(16)27-21/h5-6,8-11,26-27H,3-4,7H2,1-2H3,(H,25,28). The monoisotopic (exact) mass is 429 g/mol. The van der Waals surface area contributed by atoms with E-state index in [1.54, 1.807) is 20.3 Å². The minimum atomic E-state index is -0.400. The van der Waals surface area contributed by atoms with E-state index >= 15 is 0 Å². The Labute approximate surface area is 177 Å². The maximum Gasteiger partial charge on any atom is 0.269 e. The maximum absolute atomic E-state index is 13.4. The third-order valence-electron chi connectivity index (χ3n) is 5.02. The number of rotatable bonds is 7. The number of ether oxygens (including phenoxy) is 2. The molecular formula is C22H21ClFN3O3. The van der Waals surface area contributed by atoms with E-state index in [0.717, 1.165) is 40.9 Å². The molecule has 156 valence electrons. The van der Waals surface area contributed by atoms with Crippen molar-refractivity contribution >= 4 is 39.3 Å². The molecule has 0 spiro atoms. The van der Waals surface area contributed by atoms with Crippen LogP contribution in [0.15, 0.2) is 36.4 Å². The van der Waals surface area contributed by atoms with E-state index in [0.29, 0.717) is 17.4 Å². The second-order valence-electron chi connectivity index (χ2n) is 6.95. The lowest BCUT2D eigenvalue weighted by Crippen LogP contribution is -2.25. The third kappa shape index (κ3) is 3.80. The Morgan fingerprint density at radius 3 is 2.67 bits per heavy atom. The highest BCUT2D eigenvalue weighted by atomic mass is 35.5. The van der Waals surface area contributed by atoms with Gasteiger partial charge in [0.25, 0.3) is 5.91 Å².